The fraction of sp³-hybridized carbons (Fsp3) is 0.933. The van der Waals surface area contributed by atoms with Crippen LogP contribution in [-0.4, -0.2) is 11.2 Å². The van der Waals surface area contributed by atoms with Gasteiger partial charge in [-0.1, -0.05) is 73.0 Å². The van der Waals surface area contributed by atoms with E-state index in [1.807, 2.05) is 0 Å². The molecular weight excluding hydrogens is 376 g/mol. The number of hydrogen-bond acceptors (Lipinski definition) is 1. The monoisotopic (exact) mass is 428 g/mol. The summed E-state index contributed by atoms with van der Waals surface area (Å²) in [6.07, 6.45) is 16.9. The van der Waals surface area contributed by atoms with Gasteiger partial charge in [0.05, 0.1) is 6.10 Å². The molecule has 0 amide bonds. The molecule has 9 atom stereocenters. The molecule has 0 radical (unpaired) electrons. The van der Waals surface area contributed by atoms with Crippen LogP contribution in [0.3, 0.4) is 0 Å². The van der Waals surface area contributed by atoms with Gasteiger partial charge in [-0.25, -0.2) is 0 Å². The SMILES string of the molecule is CCC(CCC(C)C1CCC2(C)C3CC=C4CC(O)CCC4(C)C3CCC12C)C(C)C. The summed E-state index contributed by atoms with van der Waals surface area (Å²) in [5, 5.41) is 10.3. The predicted octanol–water partition coefficient (Wildman–Crippen LogP) is 8.41. The molecule has 4 aliphatic rings. The first-order valence-corrected chi connectivity index (χ1v) is 13.9. The van der Waals surface area contributed by atoms with Crippen LogP contribution in [0.4, 0.5) is 0 Å². The molecule has 9 unspecified atom stereocenters. The largest absolute Gasteiger partial charge is 0.393 e. The van der Waals surface area contributed by atoms with Gasteiger partial charge in [0, 0.05) is 0 Å². The highest BCUT2D eigenvalue weighted by Crippen LogP contribution is 2.72. The number of hydrogen-bond donors (Lipinski definition) is 1. The quantitative estimate of drug-likeness (QED) is 0.421. The minimum absolute atomic E-state index is 0.0881. The van der Waals surface area contributed by atoms with Crippen molar-refractivity contribution >= 4 is 0 Å². The van der Waals surface area contributed by atoms with Gasteiger partial charge in [0.2, 0.25) is 0 Å². The first kappa shape index (κ1) is 23.8. The molecule has 0 saturated heterocycles. The highest BCUT2D eigenvalue weighted by Gasteiger charge is 2.64. The van der Waals surface area contributed by atoms with Crippen molar-refractivity contribution in [3.63, 3.8) is 0 Å². The molecule has 4 aliphatic carbocycles. The summed E-state index contributed by atoms with van der Waals surface area (Å²) in [5.41, 5.74) is 2.99. The van der Waals surface area contributed by atoms with Gasteiger partial charge in [-0.05, 0) is 110 Å². The van der Waals surface area contributed by atoms with Crippen molar-refractivity contribution in [3.8, 4) is 0 Å². The minimum atomic E-state index is -0.0881. The summed E-state index contributed by atoms with van der Waals surface area (Å²) < 4.78 is 0. The summed E-state index contributed by atoms with van der Waals surface area (Å²) in [5.74, 6) is 5.21. The maximum absolute atomic E-state index is 10.3. The number of allylic oxidation sites excluding steroid dienone is 1. The van der Waals surface area contributed by atoms with Crippen molar-refractivity contribution in [1.82, 2.24) is 0 Å². The smallest absolute Gasteiger partial charge is 0.0577 e. The molecule has 3 fully saturated rings. The molecule has 1 heteroatoms. The van der Waals surface area contributed by atoms with Crippen LogP contribution in [0.2, 0.25) is 0 Å². The number of aliphatic hydroxyl groups excluding tert-OH is 1. The summed E-state index contributed by atoms with van der Waals surface area (Å²) in [6, 6.07) is 0. The van der Waals surface area contributed by atoms with Gasteiger partial charge in [0.25, 0.3) is 0 Å². The normalized spacial score (nSPS) is 46.7. The Morgan fingerprint density at radius 1 is 0.935 bits per heavy atom. The lowest BCUT2D eigenvalue weighted by atomic mass is 9.42. The second-order valence-corrected chi connectivity index (χ2v) is 13.5. The van der Waals surface area contributed by atoms with Gasteiger partial charge >= 0.3 is 0 Å². The van der Waals surface area contributed by atoms with Gasteiger partial charge in [-0.3, -0.25) is 0 Å². The molecule has 3 saturated carbocycles. The number of aliphatic hydroxyl groups is 1. The lowest BCUT2D eigenvalue weighted by Gasteiger charge is -2.63. The third kappa shape index (κ3) is 3.68. The van der Waals surface area contributed by atoms with E-state index < -0.39 is 0 Å². The van der Waals surface area contributed by atoms with E-state index in [2.05, 4.69) is 54.5 Å². The van der Waals surface area contributed by atoms with Crippen LogP contribution in [0, 0.1) is 51.8 Å². The van der Waals surface area contributed by atoms with Crippen molar-refractivity contribution in [2.75, 3.05) is 0 Å². The highest BCUT2D eigenvalue weighted by molar-refractivity contribution is 5.27. The van der Waals surface area contributed by atoms with E-state index in [9.17, 15) is 5.11 Å². The average molecular weight is 429 g/mol. The van der Waals surface area contributed by atoms with Crippen LogP contribution in [0.5, 0.6) is 0 Å². The Hall–Kier alpha value is -0.300. The molecule has 178 valence electrons. The Balaban J connectivity index is 1.53. The first-order valence-electron chi connectivity index (χ1n) is 13.9. The van der Waals surface area contributed by atoms with Gasteiger partial charge < -0.3 is 5.11 Å². The second-order valence-electron chi connectivity index (χ2n) is 13.5. The molecule has 0 aliphatic heterocycles. The van der Waals surface area contributed by atoms with E-state index in [0.717, 1.165) is 48.3 Å². The fourth-order valence-corrected chi connectivity index (χ4v) is 9.68. The molecule has 1 N–H and O–H groups in total. The summed E-state index contributed by atoms with van der Waals surface area (Å²) in [6.45, 7) is 17.8. The molecule has 1 nitrogen and oxygen atoms in total. The Morgan fingerprint density at radius 2 is 1.65 bits per heavy atom. The highest BCUT2D eigenvalue weighted by atomic mass is 16.3. The van der Waals surface area contributed by atoms with Crippen molar-refractivity contribution < 1.29 is 5.11 Å². The Bertz CT molecular complexity index is 678. The number of rotatable bonds is 6. The van der Waals surface area contributed by atoms with Crippen molar-refractivity contribution in [1.29, 1.82) is 0 Å². The van der Waals surface area contributed by atoms with E-state index in [4.69, 9.17) is 0 Å². The third-order valence-electron chi connectivity index (χ3n) is 12.1. The van der Waals surface area contributed by atoms with Crippen LogP contribution >= 0.6 is 0 Å². The maximum Gasteiger partial charge on any atom is 0.0577 e. The Labute approximate surface area is 193 Å². The zero-order valence-corrected chi connectivity index (χ0v) is 21.8. The van der Waals surface area contributed by atoms with E-state index in [-0.39, 0.29) is 6.10 Å². The lowest BCUT2D eigenvalue weighted by Crippen LogP contribution is -2.55. The van der Waals surface area contributed by atoms with Crippen LogP contribution in [0.25, 0.3) is 0 Å². The van der Waals surface area contributed by atoms with Gasteiger partial charge in [-0.15, -0.1) is 0 Å². The van der Waals surface area contributed by atoms with E-state index in [1.165, 1.54) is 57.8 Å². The average Bonchev–Trinajstić information content (AvgIpc) is 3.00. The summed E-state index contributed by atoms with van der Waals surface area (Å²) in [7, 11) is 0. The topological polar surface area (TPSA) is 20.2 Å². The maximum atomic E-state index is 10.3. The van der Waals surface area contributed by atoms with Crippen molar-refractivity contribution in [2.24, 2.45) is 51.8 Å². The molecule has 0 aromatic heterocycles. The van der Waals surface area contributed by atoms with Gasteiger partial charge in [0.1, 0.15) is 0 Å². The third-order valence-corrected chi connectivity index (χ3v) is 12.1. The van der Waals surface area contributed by atoms with Crippen molar-refractivity contribution in [2.45, 2.75) is 125 Å². The molecule has 0 spiro atoms. The van der Waals surface area contributed by atoms with E-state index in [0.29, 0.717) is 16.2 Å². The van der Waals surface area contributed by atoms with Crippen LogP contribution in [0.1, 0.15) is 119 Å². The first-order chi connectivity index (χ1) is 14.6. The van der Waals surface area contributed by atoms with Gasteiger partial charge in [0.15, 0.2) is 0 Å². The summed E-state index contributed by atoms with van der Waals surface area (Å²) >= 11 is 0. The van der Waals surface area contributed by atoms with Crippen LogP contribution < -0.4 is 0 Å². The van der Waals surface area contributed by atoms with Crippen LogP contribution in [0.15, 0.2) is 11.6 Å². The lowest BCUT2D eigenvalue weighted by molar-refractivity contribution is -0.114. The van der Waals surface area contributed by atoms with E-state index in [1.54, 1.807) is 5.57 Å². The molecule has 0 aromatic rings. The predicted molar refractivity (Wildman–Crippen MR) is 133 cm³/mol. The molecule has 4 rings (SSSR count). The standard InChI is InChI=1S/C30H52O/c1-8-22(20(2)3)10-9-21(4)25-14-17-30(7)27-12-11-23-19-24(31)13-16-28(23,5)26(27)15-18-29(25,30)6/h11,20-22,24-27,31H,8-10,12-19H2,1-7H3. The van der Waals surface area contributed by atoms with Crippen molar-refractivity contribution in [3.05, 3.63) is 11.6 Å². The zero-order chi connectivity index (χ0) is 22.6. The Morgan fingerprint density at radius 3 is 2.32 bits per heavy atom. The second kappa shape index (κ2) is 8.48. The minimum Gasteiger partial charge on any atom is -0.393 e. The molecule has 0 heterocycles. The summed E-state index contributed by atoms with van der Waals surface area (Å²) in [4.78, 5) is 0. The molecule has 31 heavy (non-hydrogen) atoms. The molecule has 0 aromatic carbocycles. The van der Waals surface area contributed by atoms with Crippen LogP contribution in [-0.2, 0) is 0 Å². The molecular formula is C30H52O. The van der Waals surface area contributed by atoms with E-state index >= 15 is 0 Å². The molecule has 0 bridgehead atoms. The fourth-order valence-electron chi connectivity index (χ4n) is 9.68. The zero-order valence-electron chi connectivity index (χ0n) is 21.8. The Kier molecular flexibility index (Phi) is 6.53. The van der Waals surface area contributed by atoms with Gasteiger partial charge in [-0.2, -0.15) is 0 Å². The number of fused-ring (bicyclic) bond motifs is 5.